The summed E-state index contributed by atoms with van der Waals surface area (Å²) in [5.74, 6) is -0.0699. The normalized spacial score (nSPS) is 14.8. The van der Waals surface area contributed by atoms with Crippen LogP contribution in [0.3, 0.4) is 0 Å². The number of carbonyl (C=O) groups excluding carboxylic acids is 1. The summed E-state index contributed by atoms with van der Waals surface area (Å²) in [5, 5.41) is 1.78. The Kier molecular flexibility index (Phi) is 5.23. The van der Waals surface area contributed by atoms with Crippen molar-refractivity contribution in [2.75, 3.05) is 19.3 Å². The highest BCUT2D eigenvalue weighted by atomic mass is 35.5. The topological polar surface area (TPSA) is 70.2 Å². The third kappa shape index (κ3) is 4.23. The first-order valence-electron chi connectivity index (χ1n) is 9.33. The number of H-pyrrole nitrogens is 1. The maximum Gasteiger partial charge on any atom is 0.254 e. The quantitative estimate of drug-likeness (QED) is 0.673. The first kappa shape index (κ1) is 19.7. The number of aromatic nitrogens is 1. The lowest BCUT2D eigenvalue weighted by molar-refractivity contribution is 0.0773. The van der Waals surface area contributed by atoms with Gasteiger partial charge in [0.15, 0.2) is 9.84 Å². The summed E-state index contributed by atoms with van der Waals surface area (Å²) in [7, 11) is -3.09. The number of rotatable bonds is 4. The number of benzene rings is 2. The van der Waals surface area contributed by atoms with Crippen molar-refractivity contribution in [3.8, 4) is 0 Å². The van der Waals surface area contributed by atoms with Crippen molar-refractivity contribution in [3.63, 3.8) is 0 Å². The zero-order valence-corrected chi connectivity index (χ0v) is 17.6. The first-order chi connectivity index (χ1) is 13.8. The molecule has 3 aromatic rings. The minimum Gasteiger partial charge on any atom is -0.359 e. The number of halogens is 1. The van der Waals surface area contributed by atoms with Crippen molar-refractivity contribution >= 4 is 43.8 Å². The number of carbonyl (C=O) groups is 1. The zero-order valence-electron chi connectivity index (χ0n) is 16.0. The number of nitrogens with one attached hydrogen (secondary N) is 1. The molecule has 150 valence electrons. The lowest BCUT2D eigenvalue weighted by Crippen LogP contribution is -2.34. The van der Waals surface area contributed by atoms with E-state index in [2.05, 4.69) is 11.1 Å². The lowest BCUT2D eigenvalue weighted by Gasteiger charge is -2.26. The fraction of sp³-hybridized carbons (Fsp3) is 0.227. The average molecular weight is 429 g/mol. The Balaban J connectivity index is 1.49. The Bertz CT molecular complexity index is 1210. The molecule has 0 radical (unpaired) electrons. The standard InChI is InChI=1S/C22H21ClN2O3S/c1-29(27,28)14-15-5-7-17(8-6-15)22(26)25-11-9-16(10-12-25)19-13-24-21-18(19)3-2-4-20(21)23/h2-9,13,24H,10-12,14H2,1H3. The van der Waals surface area contributed by atoms with Gasteiger partial charge in [0.2, 0.25) is 0 Å². The van der Waals surface area contributed by atoms with E-state index in [9.17, 15) is 13.2 Å². The van der Waals surface area contributed by atoms with Crippen LogP contribution in [0, 0.1) is 0 Å². The fourth-order valence-corrected chi connectivity index (χ4v) is 4.74. The third-order valence-corrected chi connectivity index (χ3v) is 6.31. The van der Waals surface area contributed by atoms with Crippen molar-refractivity contribution in [1.82, 2.24) is 9.88 Å². The molecule has 1 aliphatic rings. The Hall–Kier alpha value is -2.57. The summed E-state index contributed by atoms with van der Waals surface area (Å²) >= 11 is 6.25. The largest absolute Gasteiger partial charge is 0.359 e. The monoisotopic (exact) mass is 428 g/mol. The van der Waals surface area contributed by atoms with Gasteiger partial charge >= 0.3 is 0 Å². The van der Waals surface area contributed by atoms with Crippen molar-refractivity contribution < 1.29 is 13.2 Å². The lowest BCUT2D eigenvalue weighted by atomic mass is 9.98. The molecule has 0 atom stereocenters. The second kappa shape index (κ2) is 7.69. The van der Waals surface area contributed by atoms with Gasteiger partial charge in [-0.3, -0.25) is 4.79 Å². The van der Waals surface area contributed by atoms with Crippen molar-refractivity contribution in [2.45, 2.75) is 12.2 Å². The molecule has 1 N–H and O–H groups in total. The van der Waals surface area contributed by atoms with Crippen LogP contribution in [0.1, 0.15) is 27.9 Å². The van der Waals surface area contributed by atoms with E-state index in [-0.39, 0.29) is 11.7 Å². The molecule has 2 aromatic carbocycles. The molecule has 7 heteroatoms. The Morgan fingerprint density at radius 1 is 1.17 bits per heavy atom. The molecule has 29 heavy (non-hydrogen) atoms. The molecule has 1 aliphatic heterocycles. The maximum atomic E-state index is 12.8. The molecule has 0 saturated heterocycles. The average Bonchev–Trinajstić information content (AvgIpc) is 3.12. The van der Waals surface area contributed by atoms with Gasteiger partial charge in [0.05, 0.1) is 16.3 Å². The van der Waals surface area contributed by atoms with Gasteiger partial charge in [0.25, 0.3) is 5.91 Å². The molecule has 1 aromatic heterocycles. The van der Waals surface area contributed by atoms with E-state index >= 15 is 0 Å². The van der Waals surface area contributed by atoms with E-state index in [0.29, 0.717) is 29.2 Å². The van der Waals surface area contributed by atoms with Crippen molar-refractivity contribution in [3.05, 3.63) is 76.5 Å². The SMILES string of the molecule is CS(=O)(=O)Cc1ccc(C(=O)N2CC=C(c3c[nH]c4c(Cl)cccc34)CC2)cc1. The van der Waals surface area contributed by atoms with Crippen molar-refractivity contribution in [1.29, 1.82) is 0 Å². The third-order valence-electron chi connectivity index (χ3n) is 5.14. The summed E-state index contributed by atoms with van der Waals surface area (Å²) in [6, 6.07) is 12.6. The van der Waals surface area contributed by atoms with Gasteiger partial charge in [-0.1, -0.05) is 41.9 Å². The Morgan fingerprint density at radius 2 is 1.93 bits per heavy atom. The summed E-state index contributed by atoms with van der Waals surface area (Å²) in [4.78, 5) is 17.8. The molecule has 0 spiro atoms. The number of aromatic amines is 1. The van der Waals surface area contributed by atoms with Gasteiger partial charge in [0, 0.05) is 42.1 Å². The zero-order chi connectivity index (χ0) is 20.6. The minimum atomic E-state index is -3.09. The summed E-state index contributed by atoms with van der Waals surface area (Å²) < 4.78 is 22.8. The van der Waals surface area contributed by atoms with Crippen LogP contribution in [0.4, 0.5) is 0 Å². The molecule has 0 bridgehead atoms. The number of nitrogens with zero attached hydrogens (tertiary/aromatic N) is 1. The molecule has 0 saturated carbocycles. The van der Waals surface area contributed by atoms with Crippen LogP contribution in [-0.4, -0.2) is 43.6 Å². The van der Waals surface area contributed by atoms with E-state index < -0.39 is 9.84 Å². The van der Waals surface area contributed by atoms with Crippen LogP contribution in [0.5, 0.6) is 0 Å². The predicted octanol–water partition coefficient (Wildman–Crippen LogP) is 4.30. The van der Waals surface area contributed by atoms with Gasteiger partial charge in [-0.25, -0.2) is 8.42 Å². The molecular weight excluding hydrogens is 408 g/mol. The Labute approximate surface area is 174 Å². The second-order valence-corrected chi connectivity index (χ2v) is 9.91. The molecule has 0 fully saturated rings. The number of hydrogen-bond donors (Lipinski definition) is 1. The van der Waals surface area contributed by atoms with Crippen LogP contribution in [0.15, 0.2) is 54.7 Å². The smallest absolute Gasteiger partial charge is 0.254 e. The van der Waals surface area contributed by atoms with Crippen LogP contribution in [0.25, 0.3) is 16.5 Å². The highest BCUT2D eigenvalue weighted by Gasteiger charge is 2.21. The number of hydrogen-bond acceptors (Lipinski definition) is 3. The highest BCUT2D eigenvalue weighted by molar-refractivity contribution is 7.89. The first-order valence-corrected chi connectivity index (χ1v) is 11.8. The van der Waals surface area contributed by atoms with Crippen LogP contribution < -0.4 is 0 Å². The van der Waals surface area contributed by atoms with Crippen LogP contribution >= 0.6 is 11.6 Å². The van der Waals surface area contributed by atoms with Gasteiger partial charge in [-0.05, 0) is 35.8 Å². The molecule has 2 heterocycles. The van der Waals surface area contributed by atoms with Gasteiger partial charge in [-0.15, -0.1) is 0 Å². The second-order valence-electron chi connectivity index (χ2n) is 7.36. The van der Waals surface area contributed by atoms with E-state index in [1.165, 1.54) is 11.8 Å². The van der Waals surface area contributed by atoms with Gasteiger partial charge < -0.3 is 9.88 Å². The van der Waals surface area contributed by atoms with E-state index in [4.69, 9.17) is 11.6 Å². The molecule has 0 aliphatic carbocycles. The predicted molar refractivity (Wildman–Crippen MR) is 117 cm³/mol. The van der Waals surface area contributed by atoms with Crippen molar-refractivity contribution in [2.24, 2.45) is 0 Å². The summed E-state index contributed by atoms with van der Waals surface area (Å²) in [6.07, 6.45) is 6.02. The van der Waals surface area contributed by atoms with E-state index in [0.717, 1.165) is 22.9 Å². The van der Waals surface area contributed by atoms with E-state index in [1.807, 2.05) is 24.4 Å². The van der Waals surface area contributed by atoms with Crippen LogP contribution in [0.2, 0.25) is 5.02 Å². The minimum absolute atomic E-state index is 0.0219. The summed E-state index contributed by atoms with van der Waals surface area (Å²) in [5.41, 5.74) is 4.50. The molecule has 0 unspecified atom stereocenters. The maximum absolute atomic E-state index is 12.8. The fourth-order valence-electron chi connectivity index (χ4n) is 3.71. The molecule has 5 nitrogen and oxygen atoms in total. The van der Waals surface area contributed by atoms with Gasteiger partial charge in [0.1, 0.15) is 0 Å². The number of sulfone groups is 1. The van der Waals surface area contributed by atoms with E-state index in [1.54, 1.807) is 29.2 Å². The molecular formula is C22H21ClN2O3S. The van der Waals surface area contributed by atoms with Gasteiger partial charge in [-0.2, -0.15) is 0 Å². The van der Waals surface area contributed by atoms with Crippen LogP contribution in [-0.2, 0) is 15.6 Å². The molecule has 1 amide bonds. The number of amides is 1. The number of fused-ring (bicyclic) bond motifs is 1. The summed E-state index contributed by atoms with van der Waals surface area (Å²) in [6.45, 7) is 1.16. The highest BCUT2D eigenvalue weighted by Crippen LogP contribution is 2.32. The Morgan fingerprint density at radius 3 is 2.59 bits per heavy atom. The molecule has 4 rings (SSSR count). The number of para-hydroxylation sites is 1.